The number of rotatable bonds is 6. The molecule has 3 heterocycles. The Morgan fingerprint density at radius 1 is 1.37 bits per heavy atom. The third-order valence-electron chi connectivity index (χ3n) is 4.91. The van der Waals surface area contributed by atoms with Crippen LogP contribution < -0.4 is 5.32 Å². The quantitative estimate of drug-likeness (QED) is 0.600. The van der Waals surface area contributed by atoms with Crippen LogP contribution in [0.15, 0.2) is 23.6 Å². The molecule has 3 aromatic rings. The van der Waals surface area contributed by atoms with E-state index in [1.165, 1.54) is 35.8 Å². The first kappa shape index (κ1) is 21.3. The van der Waals surface area contributed by atoms with Crippen molar-refractivity contribution in [2.75, 3.05) is 25.5 Å². The van der Waals surface area contributed by atoms with Crippen molar-refractivity contribution < 1.29 is 18.7 Å². The van der Waals surface area contributed by atoms with E-state index in [-0.39, 0.29) is 30.5 Å². The number of ether oxygens (including phenoxy) is 2. The van der Waals surface area contributed by atoms with Crippen LogP contribution in [0.5, 0.6) is 0 Å². The number of hydrogen-bond donors (Lipinski definition) is 1. The number of hydrogen-bond acceptors (Lipinski definition) is 7. The van der Waals surface area contributed by atoms with Crippen LogP contribution >= 0.6 is 22.7 Å². The summed E-state index contributed by atoms with van der Waals surface area (Å²) in [6, 6.07) is 4.86. The van der Waals surface area contributed by atoms with Gasteiger partial charge in [-0.1, -0.05) is 6.07 Å². The second-order valence-electron chi connectivity index (χ2n) is 7.51. The van der Waals surface area contributed by atoms with Gasteiger partial charge in [-0.3, -0.25) is 15.0 Å². The molecule has 2 aromatic heterocycles. The molecule has 0 bridgehead atoms. The summed E-state index contributed by atoms with van der Waals surface area (Å²) in [5.74, 6) is -0.641. The van der Waals surface area contributed by atoms with Gasteiger partial charge in [0.2, 0.25) is 0 Å². The lowest BCUT2D eigenvalue weighted by molar-refractivity contribution is -0.0707. The third-order valence-corrected chi connectivity index (χ3v) is 6.91. The van der Waals surface area contributed by atoms with Crippen LogP contribution in [-0.2, 0) is 22.6 Å². The number of aromatic nitrogens is 1. The topological polar surface area (TPSA) is 63.7 Å². The minimum absolute atomic E-state index is 0.167. The highest BCUT2D eigenvalue weighted by atomic mass is 32.1. The molecule has 1 aliphatic rings. The molecule has 1 aliphatic heterocycles. The fraction of sp³-hybridized carbons (Fsp3) is 0.429. The van der Waals surface area contributed by atoms with Crippen LogP contribution in [0.4, 0.5) is 9.52 Å². The fourth-order valence-electron chi connectivity index (χ4n) is 3.87. The molecule has 0 saturated carbocycles. The van der Waals surface area contributed by atoms with Crippen molar-refractivity contribution in [3.05, 3.63) is 45.5 Å². The molecule has 0 radical (unpaired) electrons. The largest absolute Gasteiger partial charge is 0.380 e. The van der Waals surface area contributed by atoms with Gasteiger partial charge in [0.25, 0.3) is 5.91 Å². The summed E-state index contributed by atoms with van der Waals surface area (Å²) in [4.78, 5) is 20.3. The van der Waals surface area contributed by atoms with Crippen LogP contribution in [-0.4, -0.2) is 48.2 Å². The van der Waals surface area contributed by atoms with E-state index in [2.05, 4.69) is 29.0 Å². The molecule has 1 aromatic carbocycles. The number of nitrogens with one attached hydrogen (secondary N) is 1. The second kappa shape index (κ2) is 9.07. The number of amides is 1. The van der Waals surface area contributed by atoms with Crippen molar-refractivity contribution in [3.63, 3.8) is 0 Å². The molecule has 1 amide bonds. The smallest absolute Gasteiger partial charge is 0.267 e. The minimum Gasteiger partial charge on any atom is -0.380 e. The zero-order chi connectivity index (χ0) is 21.3. The highest BCUT2D eigenvalue weighted by Crippen LogP contribution is 2.34. The highest BCUT2D eigenvalue weighted by Gasteiger charge is 2.24. The van der Waals surface area contributed by atoms with Gasteiger partial charge in [0.05, 0.1) is 29.4 Å². The molecule has 2 unspecified atom stereocenters. The van der Waals surface area contributed by atoms with Crippen LogP contribution in [0.25, 0.3) is 10.1 Å². The number of morpholine rings is 1. The van der Waals surface area contributed by atoms with Crippen molar-refractivity contribution in [3.8, 4) is 0 Å². The molecule has 6 nitrogen and oxygen atoms in total. The second-order valence-corrected chi connectivity index (χ2v) is 9.42. The number of fused-ring (bicyclic) bond motifs is 1. The van der Waals surface area contributed by atoms with Crippen LogP contribution in [0.3, 0.4) is 0 Å². The van der Waals surface area contributed by atoms with Gasteiger partial charge in [0.1, 0.15) is 5.82 Å². The minimum atomic E-state index is -0.347. The number of methoxy groups -OCH3 is 1. The zero-order valence-electron chi connectivity index (χ0n) is 17.1. The molecule has 30 heavy (non-hydrogen) atoms. The summed E-state index contributed by atoms with van der Waals surface area (Å²) >= 11 is 2.65. The molecule has 9 heteroatoms. The maximum Gasteiger partial charge on any atom is 0.267 e. The number of thiophene rings is 1. The first-order chi connectivity index (χ1) is 14.4. The van der Waals surface area contributed by atoms with Gasteiger partial charge in [0, 0.05) is 47.8 Å². The predicted octanol–water partition coefficient (Wildman–Crippen LogP) is 4.50. The molecule has 1 N–H and O–H groups in total. The van der Waals surface area contributed by atoms with Gasteiger partial charge in [-0.2, -0.15) is 0 Å². The molecule has 2 atom stereocenters. The zero-order valence-corrected chi connectivity index (χ0v) is 18.7. The fourth-order valence-corrected chi connectivity index (χ4v) is 5.68. The normalized spacial score (nSPS) is 20.0. The average Bonchev–Trinajstić information content (AvgIpc) is 3.26. The summed E-state index contributed by atoms with van der Waals surface area (Å²) in [5, 5.41) is 5.81. The Hall–Kier alpha value is -1.91. The van der Waals surface area contributed by atoms with Crippen LogP contribution in [0.1, 0.15) is 34.8 Å². The van der Waals surface area contributed by atoms with Crippen LogP contribution in [0.2, 0.25) is 0 Å². The van der Waals surface area contributed by atoms with Crippen molar-refractivity contribution >= 4 is 43.8 Å². The number of nitrogens with zero attached hydrogens (tertiary/aromatic N) is 2. The maximum absolute atomic E-state index is 14.4. The van der Waals surface area contributed by atoms with Gasteiger partial charge in [-0.15, -0.1) is 22.7 Å². The molecule has 160 valence electrons. The van der Waals surface area contributed by atoms with E-state index in [0.717, 1.165) is 23.5 Å². The van der Waals surface area contributed by atoms with E-state index in [0.29, 0.717) is 27.5 Å². The summed E-state index contributed by atoms with van der Waals surface area (Å²) in [6.07, 6.45) is 0.387. The van der Waals surface area contributed by atoms with Gasteiger partial charge in [-0.05, 0) is 26.0 Å². The number of benzene rings is 1. The number of anilines is 1. The van der Waals surface area contributed by atoms with Crippen molar-refractivity contribution in [1.82, 2.24) is 9.88 Å². The average molecular weight is 450 g/mol. The molecular weight excluding hydrogens is 425 g/mol. The lowest BCUT2D eigenvalue weighted by Crippen LogP contribution is -2.44. The Morgan fingerprint density at radius 3 is 2.87 bits per heavy atom. The summed E-state index contributed by atoms with van der Waals surface area (Å²) < 4.78 is 26.1. The van der Waals surface area contributed by atoms with Gasteiger partial charge in [0.15, 0.2) is 5.13 Å². The molecule has 0 aliphatic carbocycles. The Labute approximate surface area is 182 Å². The number of thiazole rings is 1. The van der Waals surface area contributed by atoms with E-state index in [4.69, 9.17) is 9.47 Å². The van der Waals surface area contributed by atoms with Crippen LogP contribution in [0, 0.1) is 5.82 Å². The van der Waals surface area contributed by atoms with Crippen molar-refractivity contribution in [1.29, 1.82) is 0 Å². The predicted molar refractivity (Wildman–Crippen MR) is 118 cm³/mol. The van der Waals surface area contributed by atoms with E-state index in [1.807, 2.05) is 11.4 Å². The summed E-state index contributed by atoms with van der Waals surface area (Å²) in [7, 11) is 1.53. The van der Waals surface area contributed by atoms with Crippen molar-refractivity contribution in [2.45, 2.75) is 39.2 Å². The number of halogens is 1. The molecular formula is C21H24FN3O3S2. The number of carbonyl (C=O) groups excluding carboxylic acids is 1. The monoisotopic (exact) mass is 449 g/mol. The molecule has 4 rings (SSSR count). The third kappa shape index (κ3) is 4.55. The van der Waals surface area contributed by atoms with E-state index >= 15 is 0 Å². The highest BCUT2D eigenvalue weighted by molar-refractivity contribution is 7.21. The lowest BCUT2D eigenvalue weighted by Gasteiger charge is -2.34. The van der Waals surface area contributed by atoms with E-state index in [9.17, 15) is 9.18 Å². The SMILES string of the molecule is COCc1c(C(=O)Nc2nc(CN3CC(C)OC(C)C3)cs2)sc2cccc(F)c12. The van der Waals surface area contributed by atoms with Gasteiger partial charge >= 0.3 is 0 Å². The molecule has 1 saturated heterocycles. The van der Waals surface area contributed by atoms with E-state index in [1.54, 1.807) is 6.07 Å². The van der Waals surface area contributed by atoms with E-state index < -0.39 is 0 Å². The Balaban J connectivity index is 1.50. The Bertz CT molecular complexity index is 1040. The molecule has 1 fully saturated rings. The maximum atomic E-state index is 14.4. The van der Waals surface area contributed by atoms with Gasteiger partial charge in [-0.25, -0.2) is 9.37 Å². The number of carbonyl (C=O) groups is 1. The lowest BCUT2D eigenvalue weighted by atomic mass is 10.1. The first-order valence-corrected chi connectivity index (χ1v) is 11.5. The standard InChI is InChI=1S/C21H24FN3O3S2/c1-12-7-25(8-13(2)28-12)9-14-11-29-21(23-14)24-20(26)19-15(10-27-3)18-16(22)5-4-6-17(18)30-19/h4-6,11-13H,7-10H2,1-3H3,(H,23,24,26). The van der Waals surface area contributed by atoms with Gasteiger partial charge < -0.3 is 9.47 Å². The first-order valence-electron chi connectivity index (χ1n) is 9.77. The Kier molecular flexibility index (Phi) is 6.45. The molecule has 0 spiro atoms. The Morgan fingerprint density at radius 2 is 2.13 bits per heavy atom. The summed E-state index contributed by atoms with van der Waals surface area (Å²) in [5.41, 5.74) is 1.48. The van der Waals surface area contributed by atoms with Crippen molar-refractivity contribution in [2.24, 2.45) is 0 Å². The summed E-state index contributed by atoms with van der Waals surface area (Å²) in [6.45, 7) is 6.74.